The van der Waals surface area contributed by atoms with Crippen LogP contribution < -0.4 is 4.90 Å². The van der Waals surface area contributed by atoms with Gasteiger partial charge in [0.2, 0.25) is 0 Å². The molecular formula is C18H17N3. The number of likely N-dealkylation sites (N-methyl/N-ethyl adjacent to an activating group) is 1. The van der Waals surface area contributed by atoms with Gasteiger partial charge in [-0.1, -0.05) is 30.3 Å². The molecule has 3 heteroatoms. The monoisotopic (exact) mass is 275 g/mol. The smallest absolute Gasteiger partial charge is 0.0653 e. The van der Waals surface area contributed by atoms with Gasteiger partial charge in [-0.25, -0.2) is 0 Å². The van der Waals surface area contributed by atoms with Gasteiger partial charge in [0.1, 0.15) is 0 Å². The van der Waals surface area contributed by atoms with Gasteiger partial charge in [-0.3, -0.25) is 5.10 Å². The summed E-state index contributed by atoms with van der Waals surface area (Å²) in [7, 11) is 2.21. The minimum absolute atomic E-state index is 0.332. The number of nitrogens with zero attached hydrogens (tertiary/aromatic N) is 2. The van der Waals surface area contributed by atoms with Crippen LogP contribution in [-0.2, 0) is 5.41 Å². The molecular weight excluding hydrogens is 258 g/mol. The first-order valence-corrected chi connectivity index (χ1v) is 7.52. The minimum Gasteiger partial charge on any atom is -0.373 e. The number of rotatable bonds is 1. The highest BCUT2D eigenvalue weighted by Gasteiger charge is 2.60. The summed E-state index contributed by atoms with van der Waals surface area (Å²) in [6.07, 6.45) is 3.15. The van der Waals surface area contributed by atoms with Crippen molar-refractivity contribution in [2.75, 3.05) is 18.5 Å². The number of H-pyrrole nitrogens is 1. The van der Waals surface area contributed by atoms with Crippen LogP contribution in [0.1, 0.15) is 23.5 Å². The summed E-state index contributed by atoms with van der Waals surface area (Å²) in [5, 5.41) is 8.41. The van der Waals surface area contributed by atoms with Crippen molar-refractivity contribution in [3.63, 3.8) is 0 Å². The zero-order chi connectivity index (χ0) is 14.0. The Balaban J connectivity index is 1.59. The number of hydrogen-bond acceptors (Lipinski definition) is 2. The highest BCUT2D eigenvalue weighted by molar-refractivity contribution is 5.79. The number of aromatic nitrogens is 2. The molecule has 3 nitrogen and oxygen atoms in total. The van der Waals surface area contributed by atoms with Crippen LogP contribution in [0.15, 0.2) is 48.7 Å². The minimum atomic E-state index is 0.332. The average Bonchev–Trinajstić information content (AvgIpc) is 2.90. The molecule has 0 amide bonds. The van der Waals surface area contributed by atoms with Gasteiger partial charge in [0, 0.05) is 30.1 Å². The highest BCUT2D eigenvalue weighted by atomic mass is 15.2. The van der Waals surface area contributed by atoms with Crippen molar-refractivity contribution in [2.24, 2.45) is 0 Å². The second-order valence-electron chi connectivity index (χ2n) is 6.50. The lowest BCUT2D eigenvalue weighted by molar-refractivity contribution is 0.702. The zero-order valence-corrected chi connectivity index (χ0v) is 12.0. The van der Waals surface area contributed by atoms with Crippen molar-refractivity contribution in [3.8, 4) is 0 Å². The zero-order valence-electron chi connectivity index (χ0n) is 12.0. The predicted molar refractivity (Wildman–Crippen MR) is 84.8 cm³/mol. The molecule has 1 aliphatic carbocycles. The summed E-state index contributed by atoms with van der Waals surface area (Å²) in [5.74, 6) is 0.635. The summed E-state index contributed by atoms with van der Waals surface area (Å²) in [5.41, 5.74) is 5.86. The maximum absolute atomic E-state index is 4.13. The highest BCUT2D eigenvalue weighted by Crippen LogP contribution is 2.65. The first-order valence-electron chi connectivity index (χ1n) is 7.52. The molecule has 0 unspecified atom stereocenters. The second-order valence-corrected chi connectivity index (χ2v) is 6.50. The lowest BCUT2D eigenvalue weighted by atomic mass is 9.92. The largest absolute Gasteiger partial charge is 0.373 e. The molecule has 1 fully saturated rings. The number of nitrogens with one attached hydrogen (secondary N) is 1. The first kappa shape index (κ1) is 11.4. The van der Waals surface area contributed by atoms with Crippen LogP contribution >= 0.6 is 0 Å². The van der Waals surface area contributed by atoms with E-state index in [9.17, 15) is 0 Å². The molecule has 3 aromatic rings. The van der Waals surface area contributed by atoms with Crippen molar-refractivity contribution >= 4 is 16.6 Å². The number of anilines is 1. The van der Waals surface area contributed by atoms with Gasteiger partial charge in [0.05, 0.1) is 11.7 Å². The van der Waals surface area contributed by atoms with Gasteiger partial charge in [-0.2, -0.15) is 5.10 Å². The summed E-state index contributed by atoms with van der Waals surface area (Å²) in [6.45, 7) is 1.14. The van der Waals surface area contributed by atoms with Crippen LogP contribution in [0.3, 0.4) is 0 Å². The normalized spacial score (nSPS) is 26.5. The molecule has 21 heavy (non-hydrogen) atoms. The molecule has 1 saturated carbocycles. The molecule has 1 aliphatic heterocycles. The van der Waals surface area contributed by atoms with Crippen LogP contribution in [0.5, 0.6) is 0 Å². The van der Waals surface area contributed by atoms with Gasteiger partial charge >= 0.3 is 0 Å². The Hall–Kier alpha value is -2.29. The maximum Gasteiger partial charge on any atom is 0.0653 e. The molecule has 2 heterocycles. The van der Waals surface area contributed by atoms with Crippen molar-refractivity contribution < 1.29 is 0 Å². The Morgan fingerprint density at radius 1 is 1.24 bits per heavy atom. The van der Waals surface area contributed by atoms with E-state index < -0.39 is 0 Å². The van der Waals surface area contributed by atoms with Crippen LogP contribution in [0.2, 0.25) is 0 Å². The fourth-order valence-electron chi connectivity index (χ4n) is 4.21. The average molecular weight is 275 g/mol. The first-order chi connectivity index (χ1) is 10.3. The molecule has 0 saturated heterocycles. The Morgan fingerprint density at radius 3 is 3.10 bits per heavy atom. The van der Waals surface area contributed by atoms with Gasteiger partial charge in [-0.05, 0) is 35.6 Å². The Kier molecular flexibility index (Phi) is 1.99. The molecule has 2 aromatic carbocycles. The van der Waals surface area contributed by atoms with E-state index in [4.69, 9.17) is 0 Å². The number of aromatic amines is 1. The fourth-order valence-corrected chi connectivity index (χ4v) is 4.21. The van der Waals surface area contributed by atoms with Gasteiger partial charge in [-0.15, -0.1) is 0 Å². The van der Waals surface area contributed by atoms with Crippen molar-refractivity contribution in [2.45, 2.75) is 17.8 Å². The summed E-state index contributed by atoms with van der Waals surface area (Å²) in [6, 6.07) is 15.6. The van der Waals surface area contributed by atoms with E-state index in [1.165, 1.54) is 28.6 Å². The quantitative estimate of drug-likeness (QED) is 0.737. The third-order valence-electron chi connectivity index (χ3n) is 5.31. The Labute approximate surface area is 123 Å². The van der Waals surface area contributed by atoms with E-state index in [2.05, 4.69) is 64.6 Å². The summed E-state index contributed by atoms with van der Waals surface area (Å²) in [4.78, 5) is 2.41. The topological polar surface area (TPSA) is 31.9 Å². The molecule has 5 rings (SSSR count). The standard InChI is InChI=1S/C18H17N3/c1-21-11-18(14-4-2-3-5-17(14)21)9-15(18)12-6-7-13-10-19-20-16(13)8-12/h2-8,10,15H,9,11H2,1H3,(H,19,20)/t15-,18-/m0/s1. The number of fused-ring (bicyclic) bond motifs is 3. The Morgan fingerprint density at radius 2 is 2.14 bits per heavy atom. The predicted octanol–water partition coefficient (Wildman–Crippen LogP) is 3.44. The van der Waals surface area contributed by atoms with Crippen LogP contribution in [-0.4, -0.2) is 23.8 Å². The van der Waals surface area contributed by atoms with Crippen molar-refractivity contribution in [1.82, 2.24) is 10.2 Å². The van der Waals surface area contributed by atoms with Gasteiger partial charge < -0.3 is 4.90 Å². The summed E-state index contributed by atoms with van der Waals surface area (Å²) < 4.78 is 0. The SMILES string of the molecule is CN1C[C@@]2(C[C@H]2c2ccc3cn[nH]c3c2)c2ccccc21. The van der Waals surface area contributed by atoms with Gasteiger partial charge in [0.15, 0.2) is 0 Å². The maximum atomic E-state index is 4.13. The van der Waals surface area contributed by atoms with Crippen molar-refractivity contribution in [1.29, 1.82) is 0 Å². The number of hydrogen-bond donors (Lipinski definition) is 1. The number of benzene rings is 2. The molecule has 0 bridgehead atoms. The lowest BCUT2D eigenvalue weighted by Gasteiger charge is -2.13. The fraction of sp³-hybridized carbons (Fsp3) is 0.278. The number of para-hydroxylation sites is 1. The van der Waals surface area contributed by atoms with Crippen LogP contribution in [0.4, 0.5) is 5.69 Å². The molecule has 104 valence electrons. The van der Waals surface area contributed by atoms with Gasteiger partial charge in [0.25, 0.3) is 0 Å². The van der Waals surface area contributed by atoms with E-state index in [0.29, 0.717) is 11.3 Å². The molecule has 0 radical (unpaired) electrons. The molecule has 1 spiro atoms. The summed E-state index contributed by atoms with van der Waals surface area (Å²) >= 11 is 0. The lowest BCUT2D eigenvalue weighted by Crippen LogP contribution is -2.20. The third kappa shape index (κ3) is 1.41. The molecule has 1 aromatic heterocycles. The van der Waals surface area contributed by atoms with E-state index in [1.807, 2.05) is 6.20 Å². The van der Waals surface area contributed by atoms with Crippen molar-refractivity contribution in [3.05, 3.63) is 59.8 Å². The van der Waals surface area contributed by atoms with E-state index >= 15 is 0 Å². The van der Waals surface area contributed by atoms with Crippen LogP contribution in [0, 0.1) is 0 Å². The van der Waals surface area contributed by atoms with E-state index in [-0.39, 0.29) is 0 Å². The third-order valence-corrected chi connectivity index (χ3v) is 5.31. The van der Waals surface area contributed by atoms with E-state index in [0.717, 1.165) is 12.1 Å². The Bertz CT molecular complexity index is 850. The van der Waals surface area contributed by atoms with E-state index in [1.54, 1.807) is 0 Å². The van der Waals surface area contributed by atoms with Crippen LogP contribution in [0.25, 0.3) is 10.9 Å². The molecule has 1 N–H and O–H groups in total. The molecule has 2 atom stereocenters. The second kappa shape index (κ2) is 3.67. The molecule has 2 aliphatic rings.